The number of hydrogen-bond donors (Lipinski definition) is 1. The van der Waals surface area contributed by atoms with E-state index in [1.54, 1.807) is 24.3 Å². The molecular weight excluding hydrogens is 330 g/mol. The van der Waals surface area contributed by atoms with E-state index in [1.807, 2.05) is 19.1 Å². The normalized spacial score (nSPS) is 11.5. The fourth-order valence-corrected chi connectivity index (χ4v) is 4.21. The predicted molar refractivity (Wildman–Crippen MR) is 85.8 cm³/mol. The standard InChI is InChI=1S/C14H16ClNO3S2/c1-2-11-7-8-14(20-11)21(17,18)16-9-10-19-13-6-4-3-5-12(13)15/h3-8,16H,2,9-10H2,1H3. The molecule has 21 heavy (non-hydrogen) atoms. The first-order valence-electron chi connectivity index (χ1n) is 6.48. The fraction of sp³-hybridized carbons (Fsp3) is 0.286. The van der Waals surface area contributed by atoms with Crippen molar-refractivity contribution >= 4 is 33.0 Å². The number of aryl methyl sites for hydroxylation is 1. The van der Waals surface area contributed by atoms with Gasteiger partial charge in [0.05, 0.1) is 5.02 Å². The minimum atomic E-state index is -3.46. The van der Waals surface area contributed by atoms with Crippen LogP contribution in [0.5, 0.6) is 5.75 Å². The van der Waals surface area contributed by atoms with E-state index < -0.39 is 10.0 Å². The molecule has 7 heteroatoms. The SMILES string of the molecule is CCc1ccc(S(=O)(=O)NCCOc2ccccc2Cl)s1. The molecule has 1 aromatic heterocycles. The maximum Gasteiger partial charge on any atom is 0.250 e. The summed E-state index contributed by atoms with van der Waals surface area (Å²) in [6, 6.07) is 10.5. The van der Waals surface area contributed by atoms with Crippen LogP contribution in [0.15, 0.2) is 40.6 Å². The van der Waals surface area contributed by atoms with Gasteiger partial charge in [0.1, 0.15) is 16.6 Å². The highest BCUT2D eigenvalue weighted by molar-refractivity contribution is 7.91. The summed E-state index contributed by atoms with van der Waals surface area (Å²) in [7, 11) is -3.46. The Labute approximate surface area is 133 Å². The van der Waals surface area contributed by atoms with E-state index in [9.17, 15) is 8.42 Å². The molecule has 2 rings (SSSR count). The number of rotatable bonds is 7. The quantitative estimate of drug-likeness (QED) is 0.783. The van der Waals surface area contributed by atoms with Crippen molar-refractivity contribution in [3.8, 4) is 5.75 Å². The summed E-state index contributed by atoms with van der Waals surface area (Å²) in [5.74, 6) is 0.544. The first-order valence-corrected chi connectivity index (χ1v) is 9.16. The Bertz CT molecular complexity index is 698. The molecular formula is C14H16ClNO3S2. The first-order chi connectivity index (χ1) is 10.0. The smallest absolute Gasteiger partial charge is 0.250 e. The number of halogens is 1. The lowest BCUT2D eigenvalue weighted by molar-refractivity contribution is 0.323. The van der Waals surface area contributed by atoms with Crippen LogP contribution in [0, 0.1) is 0 Å². The molecule has 1 aromatic carbocycles. The van der Waals surface area contributed by atoms with Gasteiger partial charge in [0, 0.05) is 11.4 Å². The molecule has 0 spiro atoms. The van der Waals surface area contributed by atoms with Crippen molar-refractivity contribution in [3.63, 3.8) is 0 Å². The summed E-state index contributed by atoms with van der Waals surface area (Å²) in [6.07, 6.45) is 0.829. The number of hydrogen-bond acceptors (Lipinski definition) is 4. The summed E-state index contributed by atoms with van der Waals surface area (Å²) < 4.78 is 32.4. The van der Waals surface area contributed by atoms with Crippen molar-refractivity contribution in [1.29, 1.82) is 0 Å². The highest BCUT2D eigenvalue weighted by Gasteiger charge is 2.15. The number of nitrogens with one attached hydrogen (secondary N) is 1. The zero-order chi connectivity index (χ0) is 15.3. The van der Waals surface area contributed by atoms with Gasteiger partial charge in [-0.15, -0.1) is 11.3 Å². The van der Waals surface area contributed by atoms with Crippen LogP contribution in [0.1, 0.15) is 11.8 Å². The molecule has 0 saturated carbocycles. The summed E-state index contributed by atoms with van der Waals surface area (Å²) in [5, 5.41) is 0.506. The van der Waals surface area contributed by atoms with Crippen molar-refractivity contribution in [2.75, 3.05) is 13.2 Å². The van der Waals surface area contributed by atoms with E-state index in [0.717, 1.165) is 11.3 Å². The first kappa shape index (κ1) is 16.3. The van der Waals surface area contributed by atoms with Crippen molar-refractivity contribution in [1.82, 2.24) is 4.72 Å². The van der Waals surface area contributed by atoms with Gasteiger partial charge < -0.3 is 4.74 Å². The summed E-state index contributed by atoms with van der Waals surface area (Å²) in [4.78, 5) is 1.04. The number of sulfonamides is 1. The molecule has 0 aliphatic rings. The summed E-state index contributed by atoms with van der Waals surface area (Å²) in [5.41, 5.74) is 0. The van der Waals surface area contributed by atoms with Gasteiger partial charge in [0.25, 0.3) is 0 Å². The van der Waals surface area contributed by atoms with Crippen LogP contribution >= 0.6 is 22.9 Å². The molecule has 114 valence electrons. The summed E-state index contributed by atoms with van der Waals surface area (Å²) >= 11 is 7.23. The topological polar surface area (TPSA) is 55.4 Å². The number of thiophene rings is 1. The second-order valence-electron chi connectivity index (χ2n) is 4.25. The lowest BCUT2D eigenvalue weighted by Gasteiger charge is -2.08. The molecule has 0 radical (unpaired) electrons. The minimum absolute atomic E-state index is 0.187. The minimum Gasteiger partial charge on any atom is -0.491 e. The van der Waals surface area contributed by atoms with Gasteiger partial charge in [-0.05, 0) is 30.7 Å². The molecule has 1 N–H and O–H groups in total. The van der Waals surface area contributed by atoms with E-state index >= 15 is 0 Å². The van der Waals surface area contributed by atoms with E-state index in [0.29, 0.717) is 15.0 Å². The molecule has 0 aliphatic heterocycles. The Balaban J connectivity index is 1.86. The average Bonchev–Trinajstić information content (AvgIpc) is 2.95. The summed E-state index contributed by atoms with van der Waals surface area (Å²) in [6.45, 7) is 2.40. The van der Waals surface area contributed by atoms with E-state index in [1.165, 1.54) is 11.3 Å². The Hall–Kier alpha value is -1.08. The largest absolute Gasteiger partial charge is 0.491 e. The highest BCUT2D eigenvalue weighted by Crippen LogP contribution is 2.23. The zero-order valence-electron chi connectivity index (χ0n) is 11.5. The zero-order valence-corrected chi connectivity index (χ0v) is 13.9. The average molecular weight is 346 g/mol. The van der Waals surface area contributed by atoms with Gasteiger partial charge in [-0.1, -0.05) is 30.7 Å². The molecule has 0 aliphatic carbocycles. The second-order valence-corrected chi connectivity index (χ2v) is 7.82. The third kappa shape index (κ3) is 4.44. The number of para-hydroxylation sites is 1. The molecule has 0 atom stereocenters. The van der Waals surface area contributed by atoms with Gasteiger partial charge in [0.2, 0.25) is 10.0 Å². The molecule has 1 heterocycles. The van der Waals surface area contributed by atoms with Gasteiger partial charge in [-0.3, -0.25) is 0 Å². The lowest BCUT2D eigenvalue weighted by Crippen LogP contribution is -2.27. The van der Waals surface area contributed by atoms with Gasteiger partial charge in [-0.25, -0.2) is 13.1 Å². The number of benzene rings is 1. The Morgan fingerprint density at radius 1 is 1.24 bits per heavy atom. The van der Waals surface area contributed by atoms with Crippen LogP contribution in [-0.2, 0) is 16.4 Å². The lowest BCUT2D eigenvalue weighted by atomic mass is 10.3. The molecule has 0 fully saturated rings. The predicted octanol–water partition coefficient (Wildman–Crippen LogP) is 3.32. The Kier molecular flexibility index (Phi) is 5.64. The van der Waals surface area contributed by atoms with E-state index in [4.69, 9.17) is 16.3 Å². The van der Waals surface area contributed by atoms with Crippen molar-refractivity contribution in [3.05, 3.63) is 46.3 Å². The van der Waals surface area contributed by atoms with Crippen LogP contribution in [0.3, 0.4) is 0 Å². The van der Waals surface area contributed by atoms with Crippen molar-refractivity contribution in [2.24, 2.45) is 0 Å². The second kappa shape index (κ2) is 7.26. The maximum absolute atomic E-state index is 12.1. The Morgan fingerprint density at radius 3 is 2.67 bits per heavy atom. The van der Waals surface area contributed by atoms with Crippen LogP contribution in [0.25, 0.3) is 0 Å². The third-order valence-electron chi connectivity index (χ3n) is 2.74. The van der Waals surface area contributed by atoms with E-state index in [2.05, 4.69) is 4.72 Å². The van der Waals surface area contributed by atoms with Gasteiger partial charge in [-0.2, -0.15) is 0 Å². The van der Waals surface area contributed by atoms with Crippen molar-refractivity contribution in [2.45, 2.75) is 17.6 Å². The molecule has 0 amide bonds. The highest BCUT2D eigenvalue weighted by atomic mass is 35.5. The molecule has 0 saturated heterocycles. The molecule has 0 unspecified atom stereocenters. The molecule has 4 nitrogen and oxygen atoms in total. The van der Waals surface area contributed by atoms with E-state index in [-0.39, 0.29) is 13.2 Å². The number of ether oxygens (including phenoxy) is 1. The fourth-order valence-electron chi connectivity index (χ4n) is 1.66. The molecule has 0 bridgehead atoms. The Morgan fingerprint density at radius 2 is 2.00 bits per heavy atom. The van der Waals surface area contributed by atoms with Gasteiger partial charge in [0.15, 0.2) is 0 Å². The molecule has 2 aromatic rings. The van der Waals surface area contributed by atoms with Crippen LogP contribution in [-0.4, -0.2) is 21.6 Å². The van der Waals surface area contributed by atoms with Gasteiger partial charge >= 0.3 is 0 Å². The maximum atomic E-state index is 12.1. The van der Waals surface area contributed by atoms with Crippen LogP contribution < -0.4 is 9.46 Å². The van der Waals surface area contributed by atoms with Crippen LogP contribution in [0.4, 0.5) is 0 Å². The monoisotopic (exact) mass is 345 g/mol. The van der Waals surface area contributed by atoms with Crippen LogP contribution in [0.2, 0.25) is 5.02 Å². The third-order valence-corrected chi connectivity index (χ3v) is 6.23. The van der Waals surface area contributed by atoms with Crippen molar-refractivity contribution < 1.29 is 13.2 Å².